The molecule has 1 aromatic carbocycles. The van der Waals surface area contributed by atoms with Crippen LogP contribution in [0.3, 0.4) is 0 Å². The lowest BCUT2D eigenvalue weighted by atomic mass is 10.1. The van der Waals surface area contributed by atoms with Crippen molar-refractivity contribution in [2.24, 2.45) is 0 Å². The van der Waals surface area contributed by atoms with Crippen molar-refractivity contribution in [3.63, 3.8) is 0 Å². The van der Waals surface area contributed by atoms with Crippen LogP contribution in [0, 0.1) is 6.92 Å². The lowest BCUT2D eigenvalue weighted by Gasteiger charge is -2.34. The number of ether oxygens (including phenoxy) is 1. The molecule has 2 amide bonds. The molecule has 0 aliphatic carbocycles. The normalized spacial score (nSPS) is 14.8. The maximum atomic E-state index is 12.7. The smallest absolute Gasteiger partial charge is 0.254 e. The van der Waals surface area contributed by atoms with Crippen molar-refractivity contribution in [3.05, 3.63) is 51.7 Å². The van der Waals surface area contributed by atoms with Gasteiger partial charge in [0, 0.05) is 36.6 Å². The number of benzene rings is 1. The van der Waals surface area contributed by atoms with E-state index < -0.39 is 0 Å². The summed E-state index contributed by atoms with van der Waals surface area (Å²) in [5.41, 5.74) is 1.65. The van der Waals surface area contributed by atoms with Gasteiger partial charge in [-0.2, -0.15) is 0 Å². The third kappa shape index (κ3) is 5.08. The van der Waals surface area contributed by atoms with Crippen LogP contribution in [0.15, 0.2) is 35.7 Å². The van der Waals surface area contributed by atoms with Crippen LogP contribution >= 0.6 is 11.3 Å². The maximum absolute atomic E-state index is 12.7. The molecule has 0 spiro atoms. The molecule has 0 unspecified atom stereocenters. The van der Waals surface area contributed by atoms with Gasteiger partial charge in [-0.1, -0.05) is 12.1 Å². The second kappa shape index (κ2) is 9.01. The van der Waals surface area contributed by atoms with E-state index in [1.807, 2.05) is 41.5 Å². The summed E-state index contributed by atoms with van der Waals surface area (Å²) >= 11 is 1.63. The Kier molecular flexibility index (Phi) is 6.47. The molecule has 1 saturated heterocycles. The number of carbonyl (C=O) groups is 2. The molecule has 1 aromatic heterocycles. The summed E-state index contributed by atoms with van der Waals surface area (Å²) in [6, 6.07) is 9.52. The molecule has 0 radical (unpaired) electrons. The van der Waals surface area contributed by atoms with Crippen LogP contribution in [-0.2, 0) is 11.3 Å². The number of nitrogens with zero attached hydrogens (tertiary/aromatic N) is 2. The Bertz CT molecular complexity index is 784. The number of rotatable bonds is 6. The van der Waals surface area contributed by atoms with Crippen LogP contribution in [-0.4, -0.2) is 61.4 Å². The number of methoxy groups -OCH3 is 1. The molecule has 0 atom stereocenters. The quantitative estimate of drug-likeness (QED) is 0.825. The van der Waals surface area contributed by atoms with Crippen molar-refractivity contribution in [2.75, 3.05) is 39.8 Å². The monoisotopic (exact) mass is 387 g/mol. The Morgan fingerprint density at radius 1 is 1.19 bits per heavy atom. The molecular weight excluding hydrogens is 362 g/mol. The van der Waals surface area contributed by atoms with Crippen LogP contribution in [0.1, 0.15) is 20.8 Å². The molecule has 2 heterocycles. The van der Waals surface area contributed by atoms with Gasteiger partial charge in [-0.3, -0.25) is 14.5 Å². The molecule has 27 heavy (non-hydrogen) atoms. The molecule has 1 aliphatic rings. The summed E-state index contributed by atoms with van der Waals surface area (Å²) in [5, 5.41) is 4.95. The summed E-state index contributed by atoms with van der Waals surface area (Å²) in [7, 11) is 1.61. The van der Waals surface area contributed by atoms with Gasteiger partial charge in [0.2, 0.25) is 5.91 Å². The number of hydrogen-bond acceptors (Lipinski definition) is 5. The van der Waals surface area contributed by atoms with Crippen LogP contribution in [0.25, 0.3) is 0 Å². The van der Waals surface area contributed by atoms with E-state index in [2.05, 4.69) is 10.2 Å². The van der Waals surface area contributed by atoms with Gasteiger partial charge in [-0.25, -0.2) is 0 Å². The molecule has 3 rings (SSSR count). The zero-order valence-electron chi connectivity index (χ0n) is 15.7. The summed E-state index contributed by atoms with van der Waals surface area (Å²) in [6.07, 6.45) is 0. The number of thiophene rings is 1. The minimum Gasteiger partial charge on any atom is -0.496 e. The minimum atomic E-state index is 0.00935. The summed E-state index contributed by atoms with van der Waals surface area (Å²) < 4.78 is 5.31. The Balaban J connectivity index is 1.46. The van der Waals surface area contributed by atoms with Crippen LogP contribution in [0.2, 0.25) is 0 Å². The second-order valence-corrected chi connectivity index (χ2v) is 7.64. The largest absolute Gasteiger partial charge is 0.496 e. The average molecular weight is 388 g/mol. The first-order valence-electron chi connectivity index (χ1n) is 9.02. The summed E-state index contributed by atoms with van der Waals surface area (Å²) in [6.45, 7) is 5.52. The van der Waals surface area contributed by atoms with Gasteiger partial charge in [0.05, 0.1) is 20.2 Å². The highest BCUT2D eigenvalue weighted by Gasteiger charge is 2.23. The molecule has 1 N–H and O–H groups in total. The second-order valence-electron chi connectivity index (χ2n) is 6.61. The van der Waals surface area contributed by atoms with E-state index in [1.165, 1.54) is 0 Å². The highest BCUT2D eigenvalue weighted by atomic mass is 32.1. The van der Waals surface area contributed by atoms with E-state index in [1.54, 1.807) is 24.5 Å². The molecule has 0 bridgehead atoms. The Morgan fingerprint density at radius 2 is 1.96 bits per heavy atom. The van der Waals surface area contributed by atoms with Gasteiger partial charge >= 0.3 is 0 Å². The first kappa shape index (κ1) is 19.4. The highest BCUT2D eigenvalue weighted by molar-refractivity contribution is 7.09. The van der Waals surface area contributed by atoms with Crippen molar-refractivity contribution in [1.82, 2.24) is 15.1 Å². The van der Waals surface area contributed by atoms with Crippen LogP contribution in [0.4, 0.5) is 0 Å². The van der Waals surface area contributed by atoms with Gasteiger partial charge in [0.25, 0.3) is 5.91 Å². The number of amides is 2. The fraction of sp³-hybridized carbons (Fsp3) is 0.400. The van der Waals surface area contributed by atoms with E-state index in [9.17, 15) is 9.59 Å². The maximum Gasteiger partial charge on any atom is 0.254 e. The fourth-order valence-electron chi connectivity index (χ4n) is 3.10. The van der Waals surface area contributed by atoms with Crippen LogP contribution < -0.4 is 10.1 Å². The number of hydrogen-bond donors (Lipinski definition) is 1. The van der Waals surface area contributed by atoms with Gasteiger partial charge in [-0.05, 0) is 36.1 Å². The zero-order valence-corrected chi connectivity index (χ0v) is 16.6. The summed E-state index contributed by atoms with van der Waals surface area (Å²) in [5.74, 6) is 0.753. The number of carbonyl (C=O) groups excluding carboxylic acids is 2. The Labute approximate surface area is 163 Å². The third-order valence-electron chi connectivity index (χ3n) is 4.72. The van der Waals surface area contributed by atoms with E-state index in [0.717, 1.165) is 16.2 Å². The van der Waals surface area contributed by atoms with E-state index in [0.29, 0.717) is 44.8 Å². The van der Waals surface area contributed by atoms with Crippen molar-refractivity contribution in [3.8, 4) is 5.75 Å². The highest BCUT2D eigenvalue weighted by Crippen LogP contribution is 2.20. The molecule has 1 aliphatic heterocycles. The topological polar surface area (TPSA) is 61.9 Å². The Hall–Kier alpha value is -2.38. The number of nitrogens with one attached hydrogen (secondary N) is 1. The predicted molar refractivity (Wildman–Crippen MR) is 106 cm³/mol. The predicted octanol–water partition coefficient (Wildman–Crippen LogP) is 2.14. The first-order valence-corrected chi connectivity index (χ1v) is 9.90. The van der Waals surface area contributed by atoms with Gasteiger partial charge < -0.3 is 15.0 Å². The fourth-order valence-corrected chi connectivity index (χ4v) is 3.75. The van der Waals surface area contributed by atoms with Crippen molar-refractivity contribution >= 4 is 23.2 Å². The summed E-state index contributed by atoms with van der Waals surface area (Å²) in [4.78, 5) is 29.9. The molecule has 6 nitrogen and oxygen atoms in total. The van der Waals surface area contributed by atoms with E-state index >= 15 is 0 Å². The van der Waals surface area contributed by atoms with Gasteiger partial charge in [0.1, 0.15) is 5.75 Å². The first-order chi connectivity index (χ1) is 13.1. The standard InChI is InChI=1S/C20H25N3O3S/c1-15-5-6-16(12-18(15)26-2)20(25)23-9-7-22(8-10-23)14-19(24)21-13-17-4-3-11-27-17/h3-6,11-12H,7-10,13-14H2,1-2H3,(H,21,24). The van der Waals surface area contributed by atoms with Crippen molar-refractivity contribution < 1.29 is 14.3 Å². The van der Waals surface area contributed by atoms with E-state index in [-0.39, 0.29) is 11.8 Å². The number of aryl methyl sites for hydroxylation is 1. The SMILES string of the molecule is COc1cc(C(=O)N2CCN(CC(=O)NCc3cccs3)CC2)ccc1C. The molecule has 2 aromatic rings. The molecule has 0 saturated carbocycles. The third-order valence-corrected chi connectivity index (χ3v) is 5.60. The van der Waals surface area contributed by atoms with Gasteiger partial charge in [0.15, 0.2) is 0 Å². The van der Waals surface area contributed by atoms with E-state index in [4.69, 9.17) is 4.74 Å². The lowest BCUT2D eigenvalue weighted by molar-refractivity contribution is -0.122. The van der Waals surface area contributed by atoms with Crippen molar-refractivity contribution in [1.29, 1.82) is 0 Å². The molecule has 144 valence electrons. The lowest BCUT2D eigenvalue weighted by Crippen LogP contribution is -2.51. The number of piperazine rings is 1. The van der Waals surface area contributed by atoms with Gasteiger partial charge in [-0.15, -0.1) is 11.3 Å². The molecule has 7 heteroatoms. The minimum absolute atomic E-state index is 0.00935. The van der Waals surface area contributed by atoms with Crippen LogP contribution in [0.5, 0.6) is 5.75 Å². The van der Waals surface area contributed by atoms with Crippen molar-refractivity contribution in [2.45, 2.75) is 13.5 Å². The molecular formula is C20H25N3O3S. The molecule has 1 fully saturated rings. The Morgan fingerprint density at radius 3 is 2.63 bits per heavy atom. The average Bonchev–Trinajstić information content (AvgIpc) is 3.20. The zero-order chi connectivity index (χ0) is 19.2.